The number of anilines is 1. The summed E-state index contributed by atoms with van der Waals surface area (Å²) in [6.07, 6.45) is 4.75. The average molecular weight is 231 g/mol. The molecule has 0 aromatic carbocycles. The highest BCUT2D eigenvalue weighted by Gasteiger charge is 2.26. The zero-order valence-electron chi connectivity index (χ0n) is 10.3. The molecule has 1 aliphatic heterocycles. The first-order valence-electron chi connectivity index (χ1n) is 5.99. The van der Waals surface area contributed by atoms with E-state index in [0.29, 0.717) is 6.04 Å². The van der Waals surface area contributed by atoms with Gasteiger partial charge < -0.3 is 14.2 Å². The quantitative estimate of drug-likeness (QED) is 0.791. The van der Waals surface area contributed by atoms with Gasteiger partial charge in [-0.2, -0.15) is 0 Å². The smallest absolute Gasteiger partial charge is 0.139 e. The van der Waals surface area contributed by atoms with Crippen molar-refractivity contribution in [1.29, 1.82) is 0 Å². The molecule has 17 heavy (non-hydrogen) atoms. The molecule has 2 aromatic rings. The van der Waals surface area contributed by atoms with Gasteiger partial charge in [0.2, 0.25) is 0 Å². The highest BCUT2D eigenvalue weighted by Crippen LogP contribution is 2.28. The molecule has 3 heterocycles. The summed E-state index contributed by atoms with van der Waals surface area (Å²) in [7, 11) is 4.28. The van der Waals surface area contributed by atoms with Gasteiger partial charge in [0.25, 0.3) is 0 Å². The first kappa shape index (κ1) is 10.6. The van der Waals surface area contributed by atoms with E-state index < -0.39 is 0 Å². The summed E-state index contributed by atoms with van der Waals surface area (Å²) in [6, 6.07) is 4.54. The highest BCUT2D eigenvalue weighted by molar-refractivity contribution is 5.88. The molecule has 2 aromatic heterocycles. The number of rotatable bonds is 2. The molecular formula is C13H17N3O. The van der Waals surface area contributed by atoms with E-state index in [9.17, 15) is 0 Å². The fourth-order valence-corrected chi connectivity index (χ4v) is 2.49. The van der Waals surface area contributed by atoms with E-state index in [-0.39, 0.29) is 0 Å². The van der Waals surface area contributed by atoms with Gasteiger partial charge in [-0.3, -0.25) is 0 Å². The van der Waals surface area contributed by atoms with Gasteiger partial charge >= 0.3 is 0 Å². The normalized spacial score (nSPS) is 20.6. The Kier molecular flexibility index (Phi) is 2.52. The molecule has 1 aliphatic rings. The van der Waals surface area contributed by atoms with Gasteiger partial charge in [-0.15, -0.1) is 0 Å². The molecule has 1 saturated heterocycles. The van der Waals surface area contributed by atoms with Crippen LogP contribution >= 0.6 is 0 Å². The molecule has 0 aliphatic carbocycles. The minimum Gasteiger partial charge on any atom is -0.464 e. The molecule has 1 fully saturated rings. The second-order valence-corrected chi connectivity index (χ2v) is 4.82. The third-order valence-corrected chi connectivity index (χ3v) is 3.55. The molecule has 4 heteroatoms. The number of hydrogen-bond acceptors (Lipinski definition) is 4. The largest absolute Gasteiger partial charge is 0.464 e. The van der Waals surface area contributed by atoms with Crippen molar-refractivity contribution in [3.8, 4) is 0 Å². The maximum absolute atomic E-state index is 5.42. The summed E-state index contributed by atoms with van der Waals surface area (Å²) in [4.78, 5) is 9.14. The molecule has 0 N–H and O–H groups in total. The van der Waals surface area contributed by atoms with Crippen molar-refractivity contribution in [2.75, 3.05) is 32.1 Å². The zero-order valence-corrected chi connectivity index (χ0v) is 10.3. The molecule has 90 valence electrons. The van der Waals surface area contributed by atoms with Crippen molar-refractivity contribution in [2.24, 2.45) is 0 Å². The van der Waals surface area contributed by atoms with E-state index in [1.807, 2.05) is 18.3 Å². The van der Waals surface area contributed by atoms with Crippen LogP contribution in [0.5, 0.6) is 0 Å². The number of fused-ring (bicyclic) bond motifs is 1. The Morgan fingerprint density at radius 2 is 2.29 bits per heavy atom. The summed E-state index contributed by atoms with van der Waals surface area (Å²) in [5.41, 5.74) is 0.920. The van der Waals surface area contributed by atoms with Crippen LogP contribution in [0.4, 0.5) is 5.82 Å². The third-order valence-electron chi connectivity index (χ3n) is 3.55. The number of hydrogen-bond donors (Lipinski definition) is 0. The van der Waals surface area contributed by atoms with E-state index in [1.165, 1.54) is 6.42 Å². The lowest BCUT2D eigenvalue weighted by Gasteiger charge is -2.21. The first-order chi connectivity index (χ1) is 8.25. The van der Waals surface area contributed by atoms with Gasteiger partial charge in [-0.05, 0) is 32.6 Å². The molecular weight excluding hydrogens is 214 g/mol. The molecule has 0 unspecified atom stereocenters. The van der Waals surface area contributed by atoms with Gasteiger partial charge in [-0.1, -0.05) is 0 Å². The van der Waals surface area contributed by atoms with Crippen molar-refractivity contribution in [1.82, 2.24) is 9.88 Å². The van der Waals surface area contributed by atoms with Gasteiger partial charge in [0, 0.05) is 25.3 Å². The van der Waals surface area contributed by atoms with E-state index in [2.05, 4.69) is 28.9 Å². The predicted molar refractivity (Wildman–Crippen MR) is 68.3 cm³/mol. The summed E-state index contributed by atoms with van der Waals surface area (Å²) in [5, 5.41) is 1.12. The van der Waals surface area contributed by atoms with Crippen LogP contribution in [-0.4, -0.2) is 43.1 Å². The van der Waals surface area contributed by atoms with Crippen molar-refractivity contribution < 1.29 is 4.42 Å². The zero-order chi connectivity index (χ0) is 11.8. The molecule has 0 bridgehead atoms. The molecule has 0 spiro atoms. The van der Waals surface area contributed by atoms with Crippen LogP contribution in [-0.2, 0) is 0 Å². The Labute approximate surface area is 101 Å². The lowest BCUT2D eigenvalue weighted by molar-refractivity contribution is 0.315. The lowest BCUT2D eigenvalue weighted by atomic mass is 10.2. The molecule has 3 rings (SSSR count). The van der Waals surface area contributed by atoms with Gasteiger partial charge in [0.1, 0.15) is 11.4 Å². The maximum Gasteiger partial charge on any atom is 0.139 e. The minimum atomic E-state index is 0.624. The van der Waals surface area contributed by atoms with Gasteiger partial charge in [-0.25, -0.2) is 4.98 Å². The van der Waals surface area contributed by atoms with Crippen LogP contribution in [0, 0.1) is 0 Å². The maximum atomic E-state index is 5.42. The van der Waals surface area contributed by atoms with E-state index in [0.717, 1.165) is 29.9 Å². The van der Waals surface area contributed by atoms with Crippen molar-refractivity contribution >= 4 is 16.8 Å². The van der Waals surface area contributed by atoms with Crippen LogP contribution in [0.25, 0.3) is 11.0 Å². The second kappa shape index (κ2) is 4.04. The Morgan fingerprint density at radius 3 is 3.06 bits per heavy atom. The standard InChI is InChI=1S/C13H17N3O/c1-15(2)10-4-7-16(9-10)13-11-5-8-17-12(11)3-6-14-13/h3,5-6,8,10H,4,7,9H2,1-2H3/t10-/m1/s1. The SMILES string of the molecule is CN(C)[C@@H]1CCN(c2nccc3occc23)C1. The minimum absolute atomic E-state index is 0.624. The van der Waals surface area contributed by atoms with E-state index >= 15 is 0 Å². The van der Waals surface area contributed by atoms with Gasteiger partial charge in [0.05, 0.1) is 11.6 Å². The monoisotopic (exact) mass is 231 g/mol. The van der Waals surface area contributed by atoms with Crippen LogP contribution in [0.1, 0.15) is 6.42 Å². The van der Waals surface area contributed by atoms with Crippen LogP contribution in [0.15, 0.2) is 29.0 Å². The second-order valence-electron chi connectivity index (χ2n) is 4.82. The Balaban J connectivity index is 1.92. The Bertz CT molecular complexity index is 520. The third kappa shape index (κ3) is 1.78. The van der Waals surface area contributed by atoms with Crippen LogP contribution < -0.4 is 4.90 Å². The number of likely N-dealkylation sites (N-methyl/N-ethyl adjacent to an activating group) is 1. The van der Waals surface area contributed by atoms with Crippen LogP contribution in [0.3, 0.4) is 0 Å². The molecule has 0 amide bonds. The fourth-order valence-electron chi connectivity index (χ4n) is 2.49. The average Bonchev–Trinajstić information content (AvgIpc) is 2.97. The summed E-state index contributed by atoms with van der Waals surface area (Å²) < 4.78 is 5.42. The number of nitrogens with zero attached hydrogens (tertiary/aromatic N) is 3. The van der Waals surface area contributed by atoms with Crippen molar-refractivity contribution in [2.45, 2.75) is 12.5 Å². The Hall–Kier alpha value is -1.55. The summed E-state index contributed by atoms with van der Waals surface area (Å²) >= 11 is 0. The summed E-state index contributed by atoms with van der Waals surface area (Å²) in [6.45, 7) is 2.12. The van der Waals surface area contributed by atoms with E-state index in [1.54, 1.807) is 6.26 Å². The topological polar surface area (TPSA) is 32.5 Å². The molecule has 4 nitrogen and oxygen atoms in total. The van der Waals surface area contributed by atoms with Crippen LogP contribution in [0.2, 0.25) is 0 Å². The van der Waals surface area contributed by atoms with Gasteiger partial charge in [0.15, 0.2) is 0 Å². The number of furan rings is 1. The molecule has 1 atom stereocenters. The lowest BCUT2D eigenvalue weighted by Crippen LogP contribution is -2.31. The van der Waals surface area contributed by atoms with Crippen molar-refractivity contribution in [3.63, 3.8) is 0 Å². The first-order valence-corrected chi connectivity index (χ1v) is 5.99. The number of aromatic nitrogens is 1. The highest BCUT2D eigenvalue weighted by atomic mass is 16.3. The fraction of sp³-hybridized carbons (Fsp3) is 0.462. The molecule has 0 radical (unpaired) electrons. The predicted octanol–water partition coefficient (Wildman–Crippen LogP) is 1.97. The molecule has 0 saturated carbocycles. The summed E-state index contributed by atoms with van der Waals surface area (Å²) in [5.74, 6) is 1.06. The Morgan fingerprint density at radius 1 is 1.41 bits per heavy atom. The van der Waals surface area contributed by atoms with Crippen molar-refractivity contribution in [3.05, 3.63) is 24.6 Å². The van der Waals surface area contributed by atoms with E-state index in [4.69, 9.17) is 4.42 Å². The number of pyridine rings is 1.